The number of carboxylic acids is 1. The van der Waals surface area contributed by atoms with Crippen molar-refractivity contribution in [2.24, 2.45) is 0 Å². The third kappa shape index (κ3) is 4.11. The number of hydrogen-bond donors (Lipinski definition) is 1. The SMILES string of the molecule is CN([C@@H](Cc1ccc(F)cc1)C(=O)O)S(=O)(=O)c1ccc(Cl)cc1. The fourth-order valence-electron chi connectivity index (χ4n) is 2.16. The summed E-state index contributed by atoms with van der Waals surface area (Å²) in [5.41, 5.74) is 0.516. The van der Waals surface area contributed by atoms with E-state index in [1.807, 2.05) is 0 Å². The van der Waals surface area contributed by atoms with E-state index in [9.17, 15) is 22.7 Å². The van der Waals surface area contributed by atoms with Crippen molar-refractivity contribution in [2.45, 2.75) is 17.4 Å². The zero-order valence-corrected chi connectivity index (χ0v) is 14.3. The predicted octanol–water partition coefficient (Wildman–Crippen LogP) is 2.80. The molecule has 0 unspecified atom stereocenters. The third-order valence-electron chi connectivity index (χ3n) is 3.56. The van der Waals surface area contributed by atoms with E-state index in [0.717, 1.165) is 4.31 Å². The lowest BCUT2D eigenvalue weighted by Gasteiger charge is -2.24. The second-order valence-electron chi connectivity index (χ2n) is 5.16. The number of benzene rings is 2. The van der Waals surface area contributed by atoms with Gasteiger partial charge in [-0.3, -0.25) is 4.79 Å². The molecule has 0 saturated heterocycles. The standard InChI is InChI=1S/C16H15ClFNO4S/c1-19(24(22,23)14-8-4-12(17)5-9-14)15(16(20)21)10-11-2-6-13(18)7-3-11/h2-9,15H,10H2,1H3,(H,20,21)/t15-/m0/s1. The molecule has 2 aromatic carbocycles. The number of nitrogens with zero attached hydrogens (tertiary/aromatic N) is 1. The van der Waals surface area contributed by atoms with Gasteiger partial charge >= 0.3 is 5.97 Å². The molecule has 1 N–H and O–H groups in total. The molecular weight excluding hydrogens is 357 g/mol. The van der Waals surface area contributed by atoms with Crippen LogP contribution in [0, 0.1) is 5.82 Å². The fourth-order valence-corrected chi connectivity index (χ4v) is 3.59. The normalized spacial score (nSPS) is 13.0. The number of carboxylic acid groups (broad SMARTS) is 1. The molecule has 0 saturated carbocycles. The van der Waals surface area contributed by atoms with Gasteiger partial charge in [-0.2, -0.15) is 4.31 Å². The zero-order chi connectivity index (χ0) is 17.9. The largest absolute Gasteiger partial charge is 0.480 e. The molecule has 0 spiro atoms. The Bertz CT molecular complexity index is 822. The summed E-state index contributed by atoms with van der Waals surface area (Å²) in [7, 11) is -2.81. The molecule has 1 atom stereocenters. The van der Waals surface area contributed by atoms with E-state index in [4.69, 9.17) is 11.6 Å². The molecule has 0 aliphatic carbocycles. The second-order valence-corrected chi connectivity index (χ2v) is 7.59. The Hall–Kier alpha value is -1.96. The number of halogens is 2. The number of carbonyl (C=O) groups is 1. The molecule has 0 heterocycles. The molecule has 0 bridgehead atoms. The summed E-state index contributed by atoms with van der Waals surface area (Å²) in [6.07, 6.45) is -0.0844. The first kappa shape index (κ1) is 18.4. The molecule has 128 valence electrons. The maximum Gasteiger partial charge on any atom is 0.322 e. The highest BCUT2D eigenvalue weighted by Gasteiger charge is 2.32. The average molecular weight is 372 g/mol. The van der Waals surface area contributed by atoms with E-state index in [1.165, 1.54) is 55.6 Å². The quantitative estimate of drug-likeness (QED) is 0.847. The van der Waals surface area contributed by atoms with Crippen LogP contribution in [0.4, 0.5) is 4.39 Å². The molecular formula is C16H15ClFNO4S. The molecule has 0 radical (unpaired) electrons. The van der Waals surface area contributed by atoms with Crippen LogP contribution in [-0.4, -0.2) is 36.9 Å². The zero-order valence-electron chi connectivity index (χ0n) is 12.7. The highest BCUT2D eigenvalue weighted by atomic mass is 35.5. The molecule has 0 aromatic heterocycles. The third-order valence-corrected chi connectivity index (χ3v) is 5.69. The summed E-state index contributed by atoms with van der Waals surface area (Å²) >= 11 is 5.74. The first-order valence-electron chi connectivity index (χ1n) is 6.92. The molecule has 0 amide bonds. The fraction of sp³-hybridized carbons (Fsp3) is 0.188. The van der Waals surface area contributed by atoms with Crippen molar-refractivity contribution >= 4 is 27.6 Å². The van der Waals surface area contributed by atoms with Crippen LogP contribution in [0.1, 0.15) is 5.56 Å². The number of hydrogen-bond acceptors (Lipinski definition) is 3. The maximum absolute atomic E-state index is 13.0. The first-order chi connectivity index (χ1) is 11.2. The van der Waals surface area contributed by atoms with E-state index in [0.29, 0.717) is 10.6 Å². The van der Waals surface area contributed by atoms with Gasteiger partial charge in [-0.15, -0.1) is 0 Å². The van der Waals surface area contributed by atoms with Gasteiger partial charge in [0.05, 0.1) is 4.90 Å². The van der Waals surface area contributed by atoms with Crippen LogP contribution >= 0.6 is 11.6 Å². The lowest BCUT2D eigenvalue weighted by Crippen LogP contribution is -2.43. The molecule has 0 aliphatic rings. The molecule has 0 aliphatic heterocycles. The van der Waals surface area contributed by atoms with Crippen LogP contribution in [0.25, 0.3) is 0 Å². The van der Waals surface area contributed by atoms with Crippen molar-refractivity contribution in [1.29, 1.82) is 0 Å². The minimum atomic E-state index is -4.01. The number of rotatable bonds is 6. The lowest BCUT2D eigenvalue weighted by molar-refractivity contribution is -0.141. The van der Waals surface area contributed by atoms with Crippen molar-refractivity contribution in [3.05, 3.63) is 64.9 Å². The summed E-state index contributed by atoms with van der Waals surface area (Å²) in [6, 6.07) is 9.37. The van der Waals surface area contributed by atoms with Crippen molar-refractivity contribution in [3.63, 3.8) is 0 Å². The minimum absolute atomic E-state index is 0.0558. The van der Waals surface area contributed by atoms with E-state index >= 15 is 0 Å². The number of sulfonamides is 1. The van der Waals surface area contributed by atoms with Gasteiger partial charge in [-0.25, -0.2) is 12.8 Å². The molecule has 2 aromatic rings. The van der Waals surface area contributed by atoms with Gasteiger partial charge in [0, 0.05) is 12.1 Å². The van der Waals surface area contributed by atoms with Crippen molar-refractivity contribution < 1.29 is 22.7 Å². The topological polar surface area (TPSA) is 74.7 Å². The van der Waals surface area contributed by atoms with Crippen molar-refractivity contribution in [2.75, 3.05) is 7.05 Å². The molecule has 8 heteroatoms. The van der Waals surface area contributed by atoms with Crippen molar-refractivity contribution in [3.8, 4) is 0 Å². The Morgan fingerprint density at radius 3 is 2.21 bits per heavy atom. The summed E-state index contributed by atoms with van der Waals surface area (Å²) in [5.74, 6) is -1.74. The van der Waals surface area contributed by atoms with Crippen LogP contribution in [0.3, 0.4) is 0 Å². The Morgan fingerprint density at radius 2 is 1.71 bits per heavy atom. The van der Waals surface area contributed by atoms with Gasteiger partial charge in [0.15, 0.2) is 0 Å². The molecule has 24 heavy (non-hydrogen) atoms. The smallest absolute Gasteiger partial charge is 0.322 e. The van der Waals surface area contributed by atoms with Gasteiger partial charge in [-0.05, 0) is 48.4 Å². The number of aliphatic carboxylic acids is 1. The Balaban J connectivity index is 2.31. The van der Waals surface area contributed by atoms with Crippen LogP contribution in [0.15, 0.2) is 53.4 Å². The van der Waals surface area contributed by atoms with Gasteiger partial charge in [0.2, 0.25) is 10.0 Å². The van der Waals surface area contributed by atoms with E-state index < -0.39 is 27.9 Å². The average Bonchev–Trinajstić information content (AvgIpc) is 2.53. The Kier molecular flexibility index (Phi) is 5.58. The Morgan fingerprint density at radius 1 is 1.17 bits per heavy atom. The van der Waals surface area contributed by atoms with Gasteiger partial charge < -0.3 is 5.11 Å². The van der Waals surface area contributed by atoms with Crippen LogP contribution in [-0.2, 0) is 21.2 Å². The van der Waals surface area contributed by atoms with Gasteiger partial charge in [0.1, 0.15) is 11.9 Å². The highest BCUT2D eigenvalue weighted by molar-refractivity contribution is 7.89. The lowest BCUT2D eigenvalue weighted by atomic mass is 10.1. The first-order valence-corrected chi connectivity index (χ1v) is 8.74. The summed E-state index contributed by atoms with van der Waals surface area (Å²) in [4.78, 5) is 11.5. The second kappa shape index (κ2) is 7.29. The summed E-state index contributed by atoms with van der Waals surface area (Å²) < 4.78 is 38.9. The van der Waals surface area contributed by atoms with Gasteiger partial charge in [0.25, 0.3) is 0 Å². The van der Waals surface area contributed by atoms with E-state index in [2.05, 4.69) is 0 Å². The molecule has 0 fully saturated rings. The van der Waals surface area contributed by atoms with Gasteiger partial charge in [-0.1, -0.05) is 23.7 Å². The van der Waals surface area contributed by atoms with Crippen molar-refractivity contribution in [1.82, 2.24) is 4.31 Å². The van der Waals surface area contributed by atoms with E-state index in [1.54, 1.807) is 0 Å². The monoisotopic (exact) mass is 371 g/mol. The molecule has 5 nitrogen and oxygen atoms in total. The van der Waals surface area contributed by atoms with E-state index in [-0.39, 0.29) is 11.3 Å². The van der Waals surface area contributed by atoms with Crippen LogP contribution in [0.2, 0.25) is 5.02 Å². The minimum Gasteiger partial charge on any atom is -0.480 e. The number of likely N-dealkylation sites (N-methyl/N-ethyl adjacent to an activating group) is 1. The maximum atomic E-state index is 13.0. The van der Waals surface area contributed by atoms with Crippen LogP contribution < -0.4 is 0 Å². The highest BCUT2D eigenvalue weighted by Crippen LogP contribution is 2.21. The predicted molar refractivity (Wildman–Crippen MR) is 87.9 cm³/mol. The van der Waals surface area contributed by atoms with Crippen LogP contribution in [0.5, 0.6) is 0 Å². The molecule has 2 rings (SSSR count). The summed E-state index contributed by atoms with van der Waals surface area (Å²) in [5, 5.41) is 9.79. The summed E-state index contributed by atoms with van der Waals surface area (Å²) in [6.45, 7) is 0. The Labute approximate surface area is 144 Å².